The Hall–Kier alpha value is -5.07. The van der Waals surface area contributed by atoms with Crippen LogP contribution in [0.1, 0.15) is 15.9 Å². The predicted molar refractivity (Wildman–Crippen MR) is 174 cm³/mol. The summed E-state index contributed by atoms with van der Waals surface area (Å²) in [5.74, 6) is -0.869. The van der Waals surface area contributed by atoms with Crippen molar-refractivity contribution >= 4 is 61.8 Å². The Morgan fingerprint density at radius 2 is 1.77 bits per heavy atom. The molecular weight excluding hydrogens is 649 g/mol. The van der Waals surface area contributed by atoms with Crippen LogP contribution in [0.2, 0.25) is 0 Å². The topological polar surface area (TPSA) is 114 Å². The van der Waals surface area contributed by atoms with Gasteiger partial charge in [-0.15, -0.1) is 11.3 Å². The minimum atomic E-state index is -0.547. The van der Waals surface area contributed by atoms with Gasteiger partial charge in [-0.05, 0) is 70.0 Å². The smallest absolute Gasteiger partial charge is 0.271 e. The molecule has 1 heterocycles. The molecule has 0 spiro atoms. The molecule has 0 aliphatic rings. The Labute approximate surface area is 264 Å². The summed E-state index contributed by atoms with van der Waals surface area (Å²) < 4.78 is 25.3. The number of ether oxygens (including phenoxy) is 2. The molecule has 0 aliphatic carbocycles. The standard InChI is InChI=1S/C32H25BrFN5O4S/c1-42-28-16-20(15-24(33)30(28)43-18-29(40)37-26-10-6-5-9-25(26)34)17-35-39-31(41)22-13-11-21(12-14-22)27-19-44-32(38-27)36-23-7-3-2-4-8-23/h2-17,19H,18H2,1H3,(H,36,38)(H,37,40)(H,39,41)/b35-17+. The molecule has 0 unspecified atom stereocenters. The van der Waals surface area contributed by atoms with Crippen LogP contribution in [0.3, 0.4) is 0 Å². The third-order valence-corrected chi connectivity index (χ3v) is 7.45. The molecule has 12 heteroatoms. The third-order valence-electron chi connectivity index (χ3n) is 6.10. The zero-order chi connectivity index (χ0) is 30.9. The average molecular weight is 675 g/mol. The van der Waals surface area contributed by atoms with Crippen LogP contribution in [0.25, 0.3) is 11.3 Å². The summed E-state index contributed by atoms with van der Waals surface area (Å²) in [6.07, 6.45) is 1.45. The number of anilines is 3. The Balaban J connectivity index is 1.16. The lowest BCUT2D eigenvalue weighted by molar-refractivity contribution is -0.118. The number of hydrogen-bond acceptors (Lipinski definition) is 8. The van der Waals surface area contributed by atoms with Crippen molar-refractivity contribution in [2.24, 2.45) is 5.10 Å². The van der Waals surface area contributed by atoms with Gasteiger partial charge < -0.3 is 20.1 Å². The Morgan fingerprint density at radius 1 is 1.02 bits per heavy atom. The van der Waals surface area contributed by atoms with Crippen molar-refractivity contribution in [1.82, 2.24) is 10.4 Å². The van der Waals surface area contributed by atoms with E-state index >= 15 is 0 Å². The van der Waals surface area contributed by atoms with Crippen LogP contribution < -0.4 is 25.5 Å². The molecule has 0 radical (unpaired) electrons. The quantitative estimate of drug-likeness (QED) is 0.101. The van der Waals surface area contributed by atoms with Crippen molar-refractivity contribution in [3.05, 3.63) is 118 Å². The number of para-hydroxylation sites is 2. The van der Waals surface area contributed by atoms with Crippen LogP contribution in [0.4, 0.5) is 20.9 Å². The first kappa shape index (κ1) is 30.4. The number of aromatic nitrogens is 1. The molecule has 0 fully saturated rings. The number of nitrogens with zero attached hydrogens (tertiary/aromatic N) is 2. The maximum atomic E-state index is 13.8. The van der Waals surface area contributed by atoms with Crippen LogP contribution in [-0.4, -0.2) is 36.7 Å². The van der Waals surface area contributed by atoms with E-state index in [1.807, 2.05) is 47.8 Å². The molecule has 2 amide bonds. The SMILES string of the molecule is COc1cc(/C=N/NC(=O)c2ccc(-c3csc(Nc4ccccc4)n3)cc2)cc(Br)c1OCC(=O)Nc1ccccc1F. The number of rotatable bonds is 11. The number of carbonyl (C=O) groups excluding carboxylic acids is 2. The number of carbonyl (C=O) groups is 2. The number of hydrazone groups is 1. The third kappa shape index (κ3) is 7.85. The number of halogens is 2. The normalized spacial score (nSPS) is 10.8. The second-order valence-electron chi connectivity index (χ2n) is 9.16. The maximum Gasteiger partial charge on any atom is 0.271 e. The largest absolute Gasteiger partial charge is 0.493 e. The second-order valence-corrected chi connectivity index (χ2v) is 10.9. The highest BCUT2D eigenvalue weighted by Gasteiger charge is 2.15. The van der Waals surface area contributed by atoms with Gasteiger partial charge in [0.25, 0.3) is 11.8 Å². The van der Waals surface area contributed by atoms with Gasteiger partial charge in [0.1, 0.15) is 5.82 Å². The van der Waals surface area contributed by atoms with Crippen LogP contribution in [0, 0.1) is 5.82 Å². The van der Waals surface area contributed by atoms with Crippen LogP contribution in [0.15, 0.2) is 106 Å². The second kappa shape index (κ2) is 14.4. The van der Waals surface area contributed by atoms with Crippen LogP contribution in [0.5, 0.6) is 11.5 Å². The minimum absolute atomic E-state index is 0.0572. The van der Waals surface area contributed by atoms with Gasteiger partial charge in [-0.3, -0.25) is 9.59 Å². The first-order valence-corrected chi connectivity index (χ1v) is 14.8. The monoisotopic (exact) mass is 673 g/mol. The summed E-state index contributed by atoms with van der Waals surface area (Å²) in [5.41, 5.74) is 6.23. The Bertz CT molecular complexity index is 1800. The van der Waals surface area contributed by atoms with E-state index < -0.39 is 11.7 Å². The van der Waals surface area contributed by atoms with Gasteiger partial charge in [0.05, 0.1) is 29.2 Å². The molecule has 5 rings (SSSR count). The molecular formula is C32H25BrFN5O4S. The van der Waals surface area contributed by atoms with Crippen molar-refractivity contribution in [1.29, 1.82) is 0 Å². The van der Waals surface area contributed by atoms with E-state index in [0.717, 1.165) is 22.1 Å². The number of benzene rings is 4. The first-order chi connectivity index (χ1) is 21.4. The summed E-state index contributed by atoms with van der Waals surface area (Å²) in [4.78, 5) is 29.6. The molecule has 0 aliphatic heterocycles. The zero-order valence-electron chi connectivity index (χ0n) is 23.2. The van der Waals surface area contributed by atoms with E-state index in [1.165, 1.54) is 42.9 Å². The van der Waals surface area contributed by atoms with Crippen molar-refractivity contribution < 1.29 is 23.5 Å². The van der Waals surface area contributed by atoms with Gasteiger partial charge in [-0.1, -0.05) is 42.5 Å². The van der Waals surface area contributed by atoms with E-state index in [0.29, 0.717) is 21.3 Å². The zero-order valence-corrected chi connectivity index (χ0v) is 25.6. The van der Waals surface area contributed by atoms with Crippen molar-refractivity contribution in [3.8, 4) is 22.8 Å². The van der Waals surface area contributed by atoms with E-state index in [2.05, 4.69) is 42.1 Å². The summed E-state index contributed by atoms with van der Waals surface area (Å²) in [5, 5.41) is 12.5. The molecule has 3 N–H and O–H groups in total. The van der Waals surface area contributed by atoms with Gasteiger partial charge >= 0.3 is 0 Å². The van der Waals surface area contributed by atoms with E-state index in [4.69, 9.17) is 9.47 Å². The van der Waals surface area contributed by atoms with Crippen molar-refractivity contribution in [3.63, 3.8) is 0 Å². The van der Waals surface area contributed by atoms with Gasteiger partial charge in [-0.2, -0.15) is 5.10 Å². The molecule has 0 saturated carbocycles. The van der Waals surface area contributed by atoms with E-state index in [9.17, 15) is 14.0 Å². The fourth-order valence-corrected chi connectivity index (χ4v) is 5.29. The Morgan fingerprint density at radius 3 is 2.52 bits per heavy atom. The lowest BCUT2D eigenvalue weighted by Gasteiger charge is -2.13. The minimum Gasteiger partial charge on any atom is -0.493 e. The highest BCUT2D eigenvalue weighted by molar-refractivity contribution is 9.10. The van der Waals surface area contributed by atoms with Gasteiger partial charge in [0, 0.05) is 22.2 Å². The average Bonchev–Trinajstić information content (AvgIpc) is 3.50. The molecule has 0 atom stereocenters. The summed E-state index contributed by atoms with van der Waals surface area (Å²) >= 11 is 4.91. The van der Waals surface area contributed by atoms with Crippen LogP contribution >= 0.6 is 27.3 Å². The fourth-order valence-electron chi connectivity index (χ4n) is 3.97. The molecule has 5 aromatic rings. The summed E-state index contributed by atoms with van der Waals surface area (Å²) in [7, 11) is 1.45. The lowest BCUT2D eigenvalue weighted by Crippen LogP contribution is -2.21. The highest BCUT2D eigenvalue weighted by Crippen LogP contribution is 2.36. The van der Waals surface area contributed by atoms with E-state index in [1.54, 1.807) is 30.3 Å². The number of methoxy groups -OCH3 is 1. The van der Waals surface area contributed by atoms with Crippen molar-refractivity contribution in [2.45, 2.75) is 0 Å². The first-order valence-electron chi connectivity index (χ1n) is 13.2. The van der Waals surface area contributed by atoms with Gasteiger partial charge in [-0.25, -0.2) is 14.8 Å². The molecule has 0 saturated heterocycles. The number of hydrogen-bond donors (Lipinski definition) is 3. The lowest BCUT2D eigenvalue weighted by atomic mass is 10.1. The number of nitrogens with one attached hydrogen (secondary N) is 3. The van der Waals surface area contributed by atoms with Gasteiger partial charge in [0.15, 0.2) is 23.2 Å². The Kier molecular flexibility index (Phi) is 9.95. The fraction of sp³-hybridized carbons (Fsp3) is 0.0625. The number of amides is 2. The molecule has 4 aromatic carbocycles. The van der Waals surface area contributed by atoms with Gasteiger partial charge in [0.2, 0.25) is 0 Å². The maximum absolute atomic E-state index is 13.8. The predicted octanol–water partition coefficient (Wildman–Crippen LogP) is 7.25. The number of thiazole rings is 1. The highest BCUT2D eigenvalue weighted by atomic mass is 79.9. The molecule has 1 aromatic heterocycles. The molecule has 222 valence electrons. The van der Waals surface area contributed by atoms with Crippen molar-refractivity contribution in [2.75, 3.05) is 24.4 Å². The summed E-state index contributed by atoms with van der Waals surface area (Å²) in [6.45, 7) is -0.375. The molecule has 0 bridgehead atoms. The molecule has 44 heavy (non-hydrogen) atoms. The molecule has 9 nitrogen and oxygen atoms in total. The van der Waals surface area contributed by atoms with Crippen LogP contribution in [-0.2, 0) is 4.79 Å². The van der Waals surface area contributed by atoms with E-state index in [-0.39, 0.29) is 24.0 Å². The summed E-state index contributed by atoms with van der Waals surface area (Å²) in [6, 6.07) is 26.0.